The zero-order valence-corrected chi connectivity index (χ0v) is 12.0. The fourth-order valence-corrected chi connectivity index (χ4v) is 2.16. The second-order valence-corrected chi connectivity index (χ2v) is 4.70. The molecular weight excluding hydrogens is 275 g/mol. The number of amides is 1. The number of aromatic nitrogens is 1. The molecule has 1 N–H and O–H groups in total. The minimum atomic E-state index is -0.447. The van der Waals surface area contributed by atoms with Crippen LogP contribution in [-0.2, 0) is 4.74 Å². The van der Waals surface area contributed by atoms with E-state index in [2.05, 4.69) is 5.32 Å². The van der Waals surface area contributed by atoms with E-state index in [1.807, 2.05) is 0 Å². The first-order valence-electron chi connectivity index (χ1n) is 6.63. The Hall–Kier alpha value is -2.21. The summed E-state index contributed by atoms with van der Waals surface area (Å²) in [5, 5.41) is 3.16. The zero-order chi connectivity index (χ0) is 15.4. The minimum absolute atomic E-state index is 0.231. The van der Waals surface area contributed by atoms with Gasteiger partial charge in [0.25, 0.3) is 5.91 Å². The van der Waals surface area contributed by atoms with Crippen LogP contribution in [0.5, 0.6) is 0 Å². The summed E-state index contributed by atoms with van der Waals surface area (Å²) in [6.45, 7) is 2.39. The van der Waals surface area contributed by atoms with Gasteiger partial charge in [-0.25, -0.2) is 4.39 Å². The molecule has 1 aromatic heterocycles. The van der Waals surface area contributed by atoms with E-state index in [1.165, 1.54) is 35.9 Å². The average molecular weight is 292 g/mol. The van der Waals surface area contributed by atoms with E-state index in [0.29, 0.717) is 30.5 Å². The maximum absolute atomic E-state index is 13.4. The number of ether oxygens (including phenoxy) is 1. The highest BCUT2D eigenvalue weighted by Gasteiger charge is 2.17. The van der Waals surface area contributed by atoms with Gasteiger partial charge in [-0.2, -0.15) is 0 Å². The summed E-state index contributed by atoms with van der Waals surface area (Å²) >= 11 is 0. The van der Waals surface area contributed by atoms with Crippen molar-refractivity contribution in [3.63, 3.8) is 0 Å². The van der Waals surface area contributed by atoms with E-state index in [4.69, 9.17) is 4.74 Å². The molecule has 0 unspecified atom stereocenters. The molecule has 0 atom stereocenters. The third kappa shape index (κ3) is 3.28. The van der Waals surface area contributed by atoms with Crippen LogP contribution in [0.2, 0.25) is 0 Å². The van der Waals surface area contributed by atoms with Gasteiger partial charge in [0.15, 0.2) is 0 Å². The maximum Gasteiger partial charge on any atom is 0.253 e. The van der Waals surface area contributed by atoms with Crippen molar-refractivity contribution in [3.05, 3.63) is 35.8 Å². The van der Waals surface area contributed by atoms with Crippen LogP contribution >= 0.6 is 0 Å². The van der Waals surface area contributed by atoms with Gasteiger partial charge in [0.05, 0.1) is 11.1 Å². The van der Waals surface area contributed by atoms with E-state index in [0.717, 1.165) is 0 Å². The molecule has 0 aliphatic carbocycles. The number of rotatable bonds is 5. The lowest BCUT2D eigenvalue weighted by Crippen LogP contribution is -2.25. The summed E-state index contributed by atoms with van der Waals surface area (Å²) in [4.78, 5) is 23.8. The molecule has 0 saturated carbocycles. The van der Waals surface area contributed by atoms with Crippen LogP contribution in [0.15, 0.2) is 24.4 Å². The van der Waals surface area contributed by atoms with Crippen molar-refractivity contribution in [1.82, 2.24) is 9.88 Å². The second kappa shape index (κ2) is 6.49. The predicted octanol–water partition coefficient (Wildman–Crippen LogP) is 2.21. The molecule has 0 aliphatic rings. The van der Waals surface area contributed by atoms with E-state index in [1.54, 1.807) is 7.11 Å². The first-order valence-corrected chi connectivity index (χ1v) is 6.63. The molecule has 112 valence electrons. The highest BCUT2D eigenvalue weighted by molar-refractivity contribution is 6.09. The first-order chi connectivity index (χ1) is 10.0. The summed E-state index contributed by atoms with van der Waals surface area (Å²) < 4.78 is 19.6. The van der Waals surface area contributed by atoms with Crippen LogP contribution in [0.1, 0.15) is 28.5 Å². The van der Waals surface area contributed by atoms with E-state index in [-0.39, 0.29) is 17.4 Å². The number of carbonyl (C=O) groups is 2. The predicted molar refractivity (Wildman–Crippen MR) is 77.0 cm³/mol. The fraction of sp³-hybridized carbons (Fsp3) is 0.333. The van der Waals surface area contributed by atoms with Crippen LogP contribution in [0.25, 0.3) is 10.9 Å². The maximum atomic E-state index is 13.4. The number of fused-ring (bicyclic) bond motifs is 1. The molecule has 0 fully saturated rings. The number of carbonyl (C=O) groups excluding carboxylic acids is 2. The van der Waals surface area contributed by atoms with Crippen molar-refractivity contribution >= 4 is 22.7 Å². The molecule has 0 bridgehead atoms. The molecule has 2 rings (SSSR count). The summed E-state index contributed by atoms with van der Waals surface area (Å²) in [6, 6.07) is 4.02. The Morgan fingerprint density at radius 1 is 1.38 bits per heavy atom. The number of halogens is 1. The summed E-state index contributed by atoms with van der Waals surface area (Å²) in [5.41, 5.74) is 0.808. The van der Waals surface area contributed by atoms with Gasteiger partial charge in [-0.05, 0) is 24.6 Å². The van der Waals surface area contributed by atoms with Crippen LogP contribution in [0.4, 0.5) is 4.39 Å². The number of methoxy groups -OCH3 is 1. The molecule has 0 aliphatic heterocycles. The third-order valence-electron chi connectivity index (χ3n) is 3.16. The average Bonchev–Trinajstić information content (AvgIpc) is 2.82. The van der Waals surface area contributed by atoms with Gasteiger partial charge in [-0.1, -0.05) is 0 Å². The number of nitrogens with zero attached hydrogens (tertiary/aromatic N) is 1. The van der Waals surface area contributed by atoms with Gasteiger partial charge < -0.3 is 10.1 Å². The molecule has 0 radical (unpaired) electrons. The monoisotopic (exact) mass is 292 g/mol. The highest BCUT2D eigenvalue weighted by atomic mass is 19.1. The Kier molecular flexibility index (Phi) is 4.70. The largest absolute Gasteiger partial charge is 0.385 e. The van der Waals surface area contributed by atoms with E-state index in [9.17, 15) is 14.0 Å². The molecule has 21 heavy (non-hydrogen) atoms. The van der Waals surface area contributed by atoms with Crippen molar-refractivity contribution in [1.29, 1.82) is 0 Å². The Morgan fingerprint density at radius 3 is 2.81 bits per heavy atom. The van der Waals surface area contributed by atoms with Gasteiger partial charge in [-0.15, -0.1) is 0 Å². The van der Waals surface area contributed by atoms with Crippen LogP contribution < -0.4 is 5.32 Å². The molecule has 1 aromatic carbocycles. The fourth-order valence-electron chi connectivity index (χ4n) is 2.16. The van der Waals surface area contributed by atoms with Gasteiger partial charge in [0.2, 0.25) is 5.91 Å². The summed E-state index contributed by atoms with van der Waals surface area (Å²) in [7, 11) is 1.59. The molecule has 2 aromatic rings. The molecular formula is C15H17FN2O3. The van der Waals surface area contributed by atoms with E-state index >= 15 is 0 Å². The standard InChI is InChI=1S/C15H17FN2O3/c1-10(19)18-9-13(15(20)17-6-3-7-21-2)12-8-11(16)4-5-14(12)18/h4-5,8-9H,3,6-7H2,1-2H3,(H,17,20). The van der Waals surface area contributed by atoms with Gasteiger partial charge >= 0.3 is 0 Å². The summed E-state index contributed by atoms with van der Waals surface area (Å²) in [6.07, 6.45) is 2.13. The smallest absolute Gasteiger partial charge is 0.253 e. The lowest BCUT2D eigenvalue weighted by molar-refractivity contribution is 0.0941. The van der Waals surface area contributed by atoms with Crippen LogP contribution in [0.3, 0.4) is 0 Å². The highest BCUT2D eigenvalue weighted by Crippen LogP contribution is 2.22. The molecule has 5 nitrogen and oxygen atoms in total. The molecule has 0 saturated heterocycles. The lowest BCUT2D eigenvalue weighted by atomic mass is 10.1. The lowest BCUT2D eigenvalue weighted by Gasteiger charge is -2.03. The van der Waals surface area contributed by atoms with Crippen LogP contribution in [0, 0.1) is 5.82 Å². The Morgan fingerprint density at radius 2 is 2.14 bits per heavy atom. The number of benzene rings is 1. The van der Waals surface area contributed by atoms with Crippen molar-refractivity contribution < 1.29 is 18.7 Å². The Balaban J connectivity index is 2.32. The molecule has 1 amide bonds. The number of hydrogen-bond acceptors (Lipinski definition) is 3. The first kappa shape index (κ1) is 15.2. The summed E-state index contributed by atoms with van der Waals surface area (Å²) in [5.74, 6) is -1.01. The Labute approximate surface area is 121 Å². The van der Waals surface area contributed by atoms with E-state index < -0.39 is 5.82 Å². The normalized spacial score (nSPS) is 10.8. The number of hydrogen-bond donors (Lipinski definition) is 1. The zero-order valence-electron chi connectivity index (χ0n) is 12.0. The van der Waals surface area contributed by atoms with Crippen molar-refractivity contribution in [2.75, 3.05) is 20.3 Å². The minimum Gasteiger partial charge on any atom is -0.385 e. The van der Waals surface area contributed by atoms with Gasteiger partial charge in [0.1, 0.15) is 5.82 Å². The molecule has 0 spiro atoms. The molecule has 1 heterocycles. The SMILES string of the molecule is COCCCNC(=O)c1cn(C(C)=O)c2ccc(F)cc12. The van der Waals surface area contributed by atoms with Crippen molar-refractivity contribution in [3.8, 4) is 0 Å². The van der Waals surface area contributed by atoms with Crippen molar-refractivity contribution in [2.45, 2.75) is 13.3 Å². The van der Waals surface area contributed by atoms with Crippen LogP contribution in [-0.4, -0.2) is 36.6 Å². The molecule has 6 heteroatoms. The quantitative estimate of drug-likeness (QED) is 0.859. The third-order valence-corrected chi connectivity index (χ3v) is 3.16. The van der Waals surface area contributed by atoms with Gasteiger partial charge in [-0.3, -0.25) is 14.2 Å². The van der Waals surface area contributed by atoms with Gasteiger partial charge in [0, 0.05) is 38.8 Å². The second-order valence-electron chi connectivity index (χ2n) is 4.70. The topological polar surface area (TPSA) is 60.3 Å². The Bertz CT molecular complexity index is 679. The van der Waals surface area contributed by atoms with Crippen molar-refractivity contribution in [2.24, 2.45) is 0 Å². The number of nitrogens with one attached hydrogen (secondary N) is 1.